The molecule has 2 atom stereocenters. The van der Waals surface area contributed by atoms with Crippen molar-refractivity contribution in [3.8, 4) is 0 Å². The Morgan fingerprint density at radius 1 is 1.48 bits per heavy atom. The van der Waals surface area contributed by atoms with Crippen LogP contribution in [0.3, 0.4) is 0 Å². The highest BCUT2D eigenvalue weighted by Gasteiger charge is 2.59. The Morgan fingerprint density at radius 2 is 2.30 bits per heavy atom. The van der Waals surface area contributed by atoms with Crippen LogP contribution < -0.4 is 5.32 Å². The van der Waals surface area contributed by atoms with Gasteiger partial charge in [0.15, 0.2) is 0 Å². The van der Waals surface area contributed by atoms with Crippen molar-refractivity contribution in [2.24, 2.45) is 5.41 Å². The zero-order valence-electron chi connectivity index (χ0n) is 13.2. The van der Waals surface area contributed by atoms with Gasteiger partial charge in [-0.25, -0.2) is 0 Å². The molecule has 1 heterocycles. The predicted octanol–water partition coefficient (Wildman–Crippen LogP) is 4.01. The Labute approximate surface area is 144 Å². The number of halogens is 1. The summed E-state index contributed by atoms with van der Waals surface area (Å²) in [6, 6.07) is 8.10. The maximum Gasteiger partial charge on any atom is 0.267 e. The van der Waals surface area contributed by atoms with Gasteiger partial charge < -0.3 is 15.0 Å². The molecule has 0 saturated heterocycles. The molecule has 2 N–H and O–H groups in total. The number of aromatic nitrogens is 1. The molecule has 2 aromatic rings. The lowest BCUT2D eigenvalue weighted by Gasteiger charge is -2.60. The molecule has 2 fully saturated rings. The van der Waals surface area contributed by atoms with Crippen LogP contribution in [0.1, 0.15) is 43.1 Å². The van der Waals surface area contributed by atoms with Gasteiger partial charge in [0.05, 0.1) is 6.10 Å². The Hall–Kier alpha value is -1.33. The average molecular weight is 377 g/mol. The van der Waals surface area contributed by atoms with E-state index in [9.17, 15) is 4.79 Å². The van der Waals surface area contributed by atoms with E-state index in [1.165, 1.54) is 19.3 Å². The molecule has 0 aliphatic heterocycles. The van der Waals surface area contributed by atoms with E-state index in [2.05, 4.69) is 26.2 Å². The number of ether oxygens (including phenoxy) is 1. The molecule has 1 spiro atoms. The fourth-order valence-corrected chi connectivity index (χ4v) is 4.60. The number of fused-ring (bicyclic) bond motifs is 1. The molecular formula is C18H21BrN2O2. The number of carbonyl (C=O) groups is 1. The Balaban J connectivity index is 1.50. The minimum atomic E-state index is -0.0145. The van der Waals surface area contributed by atoms with Gasteiger partial charge in [0, 0.05) is 33.4 Å². The molecule has 2 aliphatic carbocycles. The number of rotatable bonds is 4. The van der Waals surface area contributed by atoms with Crippen LogP contribution in [-0.4, -0.2) is 29.6 Å². The van der Waals surface area contributed by atoms with E-state index in [4.69, 9.17) is 4.74 Å². The van der Waals surface area contributed by atoms with Gasteiger partial charge in [-0.1, -0.05) is 28.4 Å². The Kier molecular flexibility index (Phi) is 3.73. The molecule has 4 rings (SSSR count). The summed E-state index contributed by atoms with van der Waals surface area (Å²) in [5.41, 5.74) is 1.79. The summed E-state index contributed by atoms with van der Waals surface area (Å²) in [5, 5.41) is 4.27. The quantitative estimate of drug-likeness (QED) is 0.846. The molecule has 1 aromatic heterocycles. The van der Waals surface area contributed by atoms with Crippen LogP contribution in [-0.2, 0) is 4.74 Å². The SMILES string of the molecule is CCOC1CC(NC(=O)c2cc3c(Br)cccc3[nH]2)C12CCC2. The molecule has 1 amide bonds. The van der Waals surface area contributed by atoms with Crippen LogP contribution in [0.4, 0.5) is 0 Å². The normalized spacial score (nSPS) is 25.1. The lowest BCUT2D eigenvalue weighted by Crippen LogP contribution is -2.67. The number of amides is 1. The van der Waals surface area contributed by atoms with Crippen molar-refractivity contribution < 1.29 is 9.53 Å². The van der Waals surface area contributed by atoms with E-state index in [1.54, 1.807) is 0 Å². The number of benzene rings is 1. The summed E-state index contributed by atoms with van der Waals surface area (Å²) in [4.78, 5) is 15.8. The molecule has 122 valence electrons. The minimum Gasteiger partial charge on any atom is -0.378 e. The Bertz CT molecular complexity index is 751. The summed E-state index contributed by atoms with van der Waals surface area (Å²) in [7, 11) is 0. The zero-order chi connectivity index (χ0) is 16.0. The van der Waals surface area contributed by atoms with Crippen molar-refractivity contribution in [3.63, 3.8) is 0 Å². The van der Waals surface area contributed by atoms with Gasteiger partial charge in [0.2, 0.25) is 0 Å². The average Bonchev–Trinajstić information content (AvgIpc) is 2.90. The zero-order valence-corrected chi connectivity index (χ0v) is 14.8. The number of carbonyl (C=O) groups excluding carboxylic acids is 1. The van der Waals surface area contributed by atoms with Crippen molar-refractivity contribution in [2.45, 2.75) is 44.8 Å². The van der Waals surface area contributed by atoms with E-state index >= 15 is 0 Å². The third-order valence-electron chi connectivity index (χ3n) is 5.60. The van der Waals surface area contributed by atoms with E-state index in [0.29, 0.717) is 11.8 Å². The molecule has 5 heteroatoms. The number of H-pyrrole nitrogens is 1. The van der Waals surface area contributed by atoms with Crippen molar-refractivity contribution in [1.29, 1.82) is 0 Å². The number of hydrogen-bond acceptors (Lipinski definition) is 2. The van der Waals surface area contributed by atoms with Crippen molar-refractivity contribution >= 4 is 32.7 Å². The fourth-order valence-electron chi connectivity index (χ4n) is 4.12. The van der Waals surface area contributed by atoms with E-state index in [-0.39, 0.29) is 17.4 Å². The molecule has 4 nitrogen and oxygen atoms in total. The lowest BCUT2D eigenvalue weighted by atomic mass is 9.51. The molecule has 0 radical (unpaired) electrons. The summed E-state index contributed by atoms with van der Waals surface area (Å²) < 4.78 is 6.85. The smallest absolute Gasteiger partial charge is 0.267 e. The largest absolute Gasteiger partial charge is 0.378 e. The van der Waals surface area contributed by atoms with Crippen molar-refractivity contribution in [2.75, 3.05) is 6.61 Å². The maximum absolute atomic E-state index is 12.6. The van der Waals surface area contributed by atoms with Gasteiger partial charge in [-0.3, -0.25) is 4.79 Å². The van der Waals surface area contributed by atoms with Crippen molar-refractivity contribution in [3.05, 3.63) is 34.4 Å². The van der Waals surface area contributed by atoms with Crippen LogP contribution in [0.25, 0.3) is 10.9 Å². The van der Waals surface area contributed by atoms with Gasteiger partial charge in [-0.05, 0) is 44.4 Å². The highest BCUT2D eigenvalue weighted by Crippen LogP contribution is 2.57. The van der Waals surface area contributed by atoms with Crippen molar-refractivity contribution in [1.82, 2.24) is 10.3 Å². The highest BCUT2D eigenvalue weighted by atomic mass is 79.9. The van der Waals surface area contributed by atoms with Gasteiger partial charge >= 0.3 is 0 Å². The van der Waals surface area contributed by atoms with Gasteiger partial charge in [0.1, 0.15) is 5.69 Å². The molecule has 2 aliphatic rings. The second-order valence-electron chi connectivity index (χ2n) is 6.68. The van der Waals surface area contributed by atoms with Crippen LogP contribution >= 0.6 is 15.9 Å². The minimum absolute atomic E-state index is 0.0145. The highest BCUT2D eigenvalue weighted by molar-refractivity contribution is 9.10. The van der Waals surface area contributed by atoms with E-state index in [0.717, 1.165) is 28.4 Å². The summed E-state index contributed by atoms with van der Waals surface area (Å²) in [6.45, 7) is 2.80. The second kappa shape index (κ2) is 5.64. The third kappa shape index (κ3) is 2.32. The Morgan fingerprint density at radius 3 is 2.96 bits per heavy atom. The lowest BCUT2D eigenvalue weighted by molar-refractivity contribution is -0.169. The van der Waals surface area contributed by atoms with Crippen LogP contribution in [0.2, 0.25) is 0 Å². The van der Waals surface area contributed by atoms with Crippen LogP contribution in [0.15, 0.2) is 28.7 Å². The standard InChI is InChI=1S/C18H21BrN2O2/c1-2-23-16-10-15(18(16)7-4-8-18)21-17(22)14-9-11-12(19)5-3-6-13(11)20-14/h3,5-6,9,15-16,20H,2,4,7-8,10H2,1H3,(H,21,22). The first-order valence-corrected chi connectivity index (χ1v) is 9.13. The number of hydrogen-bond donors (Lipinski definition) is 2. The molecule has 2 unspecified atom stereocenters. The number of nitrogens with one attached hydrogen (secondary N) is 2. The molecule has 2 saturated carbocycles. The molecule has 0 bridgehead atoms. The fraction of sp³-hybridized carbons (Fsp3) is 0.500. The second-order valence-corrected chi connectivity index (χ2v) is 7.53. The molecule has 1 aromatic carbocycles. The first kappa shape index (κ1) is 15.2. The maximum atomic E-state index is 12.6. The first-order chi connectivity index (χ1) is 11.1. The van der Waals surface area contributed by atoms with Gasteiger partial charge in [-0.15, -0.1) is 0 Å². The summed E-state index contributed by atoms with van der Waals surface area (Å²) in [6.07, 6.45) is 4.84. The molecular weight excluding hydrogens is 356 g/mol. The van der Waals surface area contributed by atoms with Crippen LogP contribution in [0, 0.1) is 5.41 Å². The van der Waals surface area contributed by atoms with Crippen LogP contribution in [0.5, 0.6) is 0 Å². The predicted molar refractivity (Wildman–Crippen MR) is 93.6 cm³/mol. The summed E-state index contributed by atoms with van der Waals surface area (Å²) in [5.74, 6) is -0.0145. The summed E-state index contributed by atoms with van der Waals surface area (Å²) >= 11 is 3.53. The van der Waals surface area contributed by atoms with E-state index in [1.807, 2.05) is 31.2 Å². The van der Waals surface area contributed by atoms with Gasteiger partial charge in [-0.2, -0.15) is 0 Å². The topological polar surface area (TPSA) is 54.1 Å². The third-order valence-corrected chi connectivity index (χ3v) is 6.29. The molecule has 23 heavy (non-hydrogen) atoms. The monoisotopic (exact) mass is 376 g/mol. The van der Waals surface area contributed by atoms with E-state index < -0.39 is 0 Å². The van der Waals surface area contributed by atoms with Gasteiger partial charge in [0.25, 0.3) is 5.91 Å². The number of aromatic amines is 1. The first-order valence-electron chi connectivity index (χ1n) is 8.34.